The van der Waals surface area contributed by atoms with Gasteiger partial charge in [0.05, 0.1) is 13.2 Å². The zero-order valence-electron chi connectivity index (χ0n) is 12.4. The molecule has 3 rings (SSSR count). The van der Waals surface area contributed by atoms with Crippen LogP contribution in [-0.2, 0) is 11.2 Å². The summed E-state index contributed by atoms with van der Waals surface area (Å²) in [5, 5.41) is 2.99. The summed E-state index contributed by atoms with van der Waals surface area (Å²) in [6, 6.07) is 5.68. The third-order valence-corrected chi connectivity index (χ3v) is 3.98. The largest absolute Gasteiger partial charge is 0.490 e. The minimum absolute atomic E-state index is 0.00869. The van der Waals surface area contributed by atoms with Crippen molar-refractivity contribution in [2.75, 3.05) is 39.4 Å². The van der Waals surface area contributed by atoms with Crippen LogP contribution in [0.1, 0.15) is 22.8 Å². The zero-order valence-corrected chi connectivity index (χ0v) is 12.4. The zero-order chi connectivity index (χ0) is 14.7. The molecule has 0 aromatic heterocycles. The van der Waals surface area contributed by atoms with Gasteiger partial charge in [-0.3, -0.25) is 9.69 Å². The summed E-state index contributed by atoms with van der Waals surface area (Å²) in [5.74, 6) is 0.901. The van der Waals surface area contributed by atoms with Crippen LogP contribution in [0, 0.1) is 0 Å². The maximum absolute atomic E-state index is 12.2. The lowest BCUT2D eigenvalue weighted by Crippen LogP contribution is -2.41. The van der Waals surface area contributed by atoms with Crippen LogP contribution in [0.3, 0.4) is 0 Å². The van der Waals surface area contributed by atoms with Gasteiger partial charge in [-0.25, -0.2) is 0 Å². The molecular weight excluding hydrogens is 268 g/mol. The van der Waals surface area contributed by atoms with E-state index in [-0.39, 0.29) is 12.0 Å². The standard InChI is InChI=1S/C16H22N2O3/c1-12-10-14-11-13(2-3-15(14)21-12)16(19)17-4-5-18-6-8-20-9-7-18/h2-3,11-12H,4-10H2,1H3,(H,17,19)/t12-/m1/s1. The maximum atomic E-state index is 12.2. The van der Waals surface area contributed by atoms with Crippen molar-refractivity contribution in [2.45, 2.75) is 19.4 Å². The van der Waals surface area contributed by atoms with Gasteiger partial charge in [-0.05, 0) is 30.7 Å². The van der Waals surface area contributed by atoms with E-state index in [0.717, 1.165) is 50.6 Å². The summed E-state index contributed by atoms with van der Waals surface area (Å²) < 4.78 is 11.0. The van der Waals surface area contributed by atoms with Crippen molar-refractivity contribution in [1.29, 1.82) is 0 Å². The van der Waals surface area contributed by atoms with Crippen molar-refractivity contribution in [2.24, 2.45) is 0 Å². The lowest BCUT2D eigenvalue weighted by Gasteiger charge is -2.26. The highest BCUT2D eigenvalue weighted by atomic mass is 16.5. The topological polar surface area (TPSA) is 50.8 Å². The lowest BCUT2D eigenvalue weighted by atomic mass is 10.1. The highest BCUT2D eigenvalue weighted by Gasteiger charge is 2.20. The van der Waals surface area contributed by atoms with E-state index < -0.39 is 0 Å². The van der Waals surface area contributed by atoms with E-state index in [1.807, 2.05) is 25.1 Å². The SMILES string of the molecule is C[C@@H]1Cc2cc(C(=O)NCCN3CCOCC3)ccc2O1. The van der Waals surface area contributed by atoms with E-state index in [1.165, 1.54) is 0 Å². The second-order valence-corrected chi connectivity index (χ2v) is 5.67. The van der Waals surface area contributed by atoms with Crippen LogP contribution in [0.4, 0.5) is 0 Å². The second kappa shape index (κ2) is 6.45. The van der Waals surface area contributed by atoms with Crippen LogP contribution in [0.15, 0.2) is 18.2 Å². The maximum Gasteiger partial charge on any atom is 0.251 e. The number of rotatable bonds is 4. The van der Waals surface area contributed by atoms with Crippen LogP contribution in [0.2, 0.25) is 0 Å². The Bertz CT molecular complexity index is 512. The molecular formula is C16H22N2O3. The number of carbonyl (C=O) groups excluding carboxylic acids is 1. The number of amides is 1. The molecule has 0 unspecified atom stereocenters. The average molecular weight is 290 g/mol. The highest BCUT2D eigenvalue weighted by Crippen LogP contribution is 2.29. The van der Waals surface area contributed by atoms with Gasteiger partial charge in [-0.2, -0.15) is 0 Å². The molecule has 2 aliphatic rings. The summed E-state index contributed by atoms with van der Waals surface area (Å²) in [7, 11) is 0. The number of fused-ring (bicyclic) bond motifs is 1. The normalized spacial score (nSPS) is 21.7. The molecule has 114 valence electrons. The van der Waals surface area contributed by atoms with E-state index in [9.17, 15) is 4.79 Å². The minimum atomic E-state index is -0.00869. The molecule has 1 fully saturated rings. The summed E-state index contributed by atoms with van der Waals surface area (Å²) in [5.41, 5.74) is 1.84. The molecule has 0 bridgehead atoms. The minimum Gasteiger partial charge on any atom is -0.490 e. The number of carbonyl (C=O) groups is 1. The van der Waals surface area contributed by atoms with E-state index in [4.69, 9.17) is 9.47 Å². The van der Waals surface area contributed by atoms with E-state index in [2.05, 4.69) is 10.2 Å². The van der Waals surface area contributed by atoms with Crippen molar-refractivity contribution in [3.8, 4) is 5.75 Å². The first-order valence-corrected chi connectivity index (χ1v) is 7.60. The molecule has 0 radical (unpaired) electrons. The number of morpholine rings is 1. The molecule has 0 saturated carbocycles. The fourth-order valence-electron chi connectivity index (χ4n) is 2.82. The number of ether oxygens (including phenoxy) is 2. The fraction of sp³-hybridized carbons (Fsp3) is 0.562. The predicted octanol–water partition coefficient (Wildman–Crippen LogP) is 1.07. The summed E-state index contributed by atoms with van der Waals surface area (Å²) >= 11 is 0. The number of nitrogens with zero attached hydrogens (tertiary/aromatic N) is 1. The number of benzene rings is 1. The van der Waals surface area contributed by atoms with Crippen LogP contribution < -0.4 is 10.1 Å². The van der Waals surface area contributed by atoms with Crippen molar-refractivity contribution in [1.82, 2.24) is 10.2 Å². The van der Waals surface area contributed by atoms with Gasteiger partial charge < -0.3 is 14.8 Å². The van der Waals surface area contributed by atoms with Crippen LogP contribution in [0.25, 0.3) is 0 Å². The first-order chi connectivity index (χ1) is 10.2. The van der Waals surface area contributed by atoms with E-state index in [0.29, 0.717) is 12.1 Å². The molecule has 0 aliphatic carbocycles. The van der Waals surface area contributed by atoms with Gasteiger partial charge in [-0.15, -0.1) is 0 Å². The Kier molecular flexibility index (Phi) is 4.41. The summed E-state index contributed by atoms with van der Waals surface area (Å²) in [4.78, 5) is 14.5. The molecule has 1 N–H and O–H groups in total. The molecule has 5 nitrogen and oxygen atoms in total. The van der Waals surface area contributed by atoms with Gasteiger partial charge in [0.15, 0.2) is 0 Å². The Morgan fingerprint density at radius 3 is 3.00 bits per heavy atom. The molecule has 1 aromatic rings. The van der Waals surface area contributed by atoms with Gasteiger partial charge in [0, 0.05) is 38.2 Å². The fourth-order valence-corrected chi connectivity index (χ4v) is 2.82. The smallest absolute Gasteiger partial charge is 0.251 e. The van der Waals surface area contributed by atoms with E-state index in [1.54, 1.807) is 0 Å². The number of nitrogens with one attached hydrogen (secondary N) is 1. The lowest BCUT2D eigenvalue weighted by molar-refractivity contribution is 0.0383. The Hall–Kier alpha value is -1.59. The second-order valence-electron chi connectivity index (χ2n) is 5.67. The molecule has 1 amide bonds. The third-order valence-electron chi connectivity index (χ3n) is 3.98. The van der Waals surface area contributed by atoms with Gasteiger partial charge >= 0.3 is 0 Å². The van der Waals surface area contributed by atoms with Crippen LogP contribution in [0.5, 0.6) is 5.75 Å². The Labute approximate surface area is 125 Å². The highest BCUT2D eigenvalue weighted by molar-refractivity contribution is 5.94. The Morgan fingerprint density at radius 1 is 1.38 bits per heavy atom. The Balaban J connectivity index is 1.50. The first kappa shape index (κ1) is 14.4. The molecule has 0 spiro atoms. The molecule has 1 aromatic carbocycles. The monoisotopic (exact) mass is 290 g/mol. The Morgan fingerprint density at radius 2 is 2.19 bits per heavy atom. The molecule has 2 heterocycles. The average Bonchev–Trinajstić information content (AvgIpc) is 2.87. The molecule has 1 saturated heterocycles. The quantitative estimate of drug-likeness (QED) is 0.901. The van der Waals surface area contributed by atoms with E-state index >= 15 is 0 Å². The van der Waals surface area contributed by atoms with Crippen molar-refractivity contribution in [3.63, 3.8) is 0 Å². The van der Waals surface area contributed by atoms with Gasteiger partial charge in [0.25, 0.3) is 5.91 Å². The first-order valence-electron chi connectivity index (χ1n) is 7.60. The van der Waals surface area contributed by atoms with Gasteiger partial charge in [0.1, 0.15) is 11.9 Å². The predicted molar refractivity (Wildman–Crippen MR) is 79.8 cm³/mol. The van der Waals surface area contributed by atoms with Crippen LogP contribution in [-0.4, -0.2) is 56.3 Å². The third kappa shape index (κ3) is 3.54. The van der Waals surface area contributed by atoms with Gasteiger partial charge in [0.2, 0.25) is 0 Å². The summed E-state index contributed by atoms with van der Waals surface area (Å²) in [6.07, 6.45) is 1.09. The van der Waals surface area contributed by atoms with Crippen LogP contribution >= 0.6 is 0 Å². The molecule has 1 atom stereocenters. The molecule has 2 aliphatic heterocycles. The van der Waals surface area contributed by atoms with Crippen molar-refractivity contribution < 1.29 is 14.3 Å². The van der Waals surface area contributed by atoms with Crippen molar-refractivity contribution >= 4 is 5.91 Å². The van der Waals surface area contributed by atoms with Crippen molar-refractivity contribution in [3.05, 3.63) is 29.3 Å². The number of hydrogen-bond donors (Lipinski definition) is 1. The summed E-state index contributed by atoms with van der Waals surface area (Å²) in [6.45, 7) is 7.06. The molecule has 21 heavy (non-hydrogen) atoms. The molecule has 5 heteroatoms. The number of hydrogen-bond acceptors (Lipinski definition) is 4. The van der Waals surface area contributed by atoms with Gasteiger partial charge in [-0.1, -0.05) is 0 Å².